The minimum atomic E-state index is 0.0373. The Kier molecular flexibility index (Phi) is 6.95. The predicted octanol–water partition coefficient (Wildman–Crippen LogP) is 5.29. The van der Waals surface area contributed by atoms with E-state index in [1.54, 1.807) is 36.5 Å². The van der Waals surface area contributed by atoms with Crippen LogP contribution >= 0.6 is 11.6 Å². The molecule has 6 heteroatoms. The zero-order valence-electron chi connectivity index (χ0n) is 17.4. The fourth-order valence-electron chi connectivity index (χ4n) is 3.25. The van der Waals surface area contributed by atoms with Crippen LogP contribution in [0, 0.1) is 6.92 Å². The van der Waals surface area contributed by atoms with Crippen molar-refractivity contribution in [1.29, 1.82) is 0 Å². The van der Waals surface area contributed by atoms with Gasteiger partial charge in [0.15, 0.2) is 5.78 Å². The first-order valence-corrected chi connectivity index (χ1v) is 10.2. The monoisotopic (exact) mass is 421 g/mol. The average molecular weight is 422 g/mol. The van der Waals surface area contributed by atoms with Crippen molar-refractivity contribution in [2.75, 3.05) is 11.9 Å². The Morgan fingerprint density at radius 3 is 2.43 bits per heavy atom. The zero-order valence-corrected chi connectivity index (χ0v) is 18.1. The number of carbonyl (C=O) groups is 2. The van der Waals surface area contributed by atoms with Gasteiger partial charge in [-0.3, -0.25) is 14.6 Å². The molecule has 5 nitrogen and oxygen atoms in total. The van der Waals surface area contributed by atoms with E-state index < -0.39 is 0 Å². The maximum absolute atomic E-state index is 12.5. The Hall–Kier alpha value is -3.05. The summed E-state index contributed by atoms with van der Waals surface area (Å²) >= 11 is 5.79. The van der Waals surface area contributed by atoms with Gasteiger partial charge in [0.25, 0.3) is 0 Å². The lowest BCUT2D eigenvalue weighted by Gasteiger charge is -2.19. The molecular formula is C24H24ClN3O2. The molecule has 0 spiro atoms. The first-order chi connectivity index (χ1) is 14.4. The molecule has 0 radical (unpaired) electrons. The Labute approximate surface area is 181 Å². The Bertz CT molecular complexity index is 1050. The molecule has 0 atom stereocenters. The first-order valence-electron chi connectivity index (χ1n) is 9.86. The van der Waals surface area contributed by atoms with Crippen LogP contribution in [-0.2, 0) is 11.2 Å². The van der Waals surface area contributed by atoms with Crippen molar-refractivity contribution in [2.45, 2.75) is 33.1 Å². The van der Waals surface area contributed by atoms with Gasteiger partial charge in [-0.15, -0.1) is 0 Å². The van der Waals surface area contributed by atoms with Gasteiger partial charge in [-0.1, -0.05) is 30.7 Å². The molecule has 0 saturated heterocycles. The van der Waals surface area contributed by atoms with Crippen LogP contribution < -0.4 is 4.90 Å². The fourth-order valence-corrected chi connectivity index (χ4v) is 3.36. The van der Waals surface area contributed by atoms with E-state index in [4.69, 9.17) is 11.6 Å². The van der Waals surface area contributed by atoms with Crippen LogP contribution in [0.3, 0.4) is 0 Å². The van der Waals surface area contributed by atoms with Crippen molar-refractivity contribution >= 4 is 29.0 Å². The van der Waals surface area contributed by atoms with Gasteiger partial charge in [0.05, 0.1) is 5.69 Å². The summed E-state index contributed by atoms with van der Waals surface area (Å²) in [5.74, 6) is 0.108. The predicted molar refractivity (Wildman–Crippen MR) is 120 cm³/mol. The average Bonchev–Trinajstić information content (AvgIpc) is 2.77. The van der Waals surface area contributed by atoms with Crippen LogP contribution in [0.15, 0.2) is 54.9 Å². The van der Waals surface area contributed by atoms with Crippen LogP contribution in [0.4, 0.5) is 5.69 Å². The highest BCUT2D eigenvalue weighted by molar-refractivity contribution is 6.29. The number of ketones is 1. The van der Waals surface area contributed by atoms with Gasteiger partial charge >= 0.3 is 0 Å². The normalized spacial score (nSPS) is 10.7. The van der Waals surface area contributed by atoms with E-state index in [0.717, 1.165) is 28.1 Å². The smallest absolute Gasteiger partial charge is 0.226 e. The summed E-state index contributed by atoms with van der Waals surface area (Å²) in [7, 11) is 1.78. The molecule has 3 aromatic rings. The molecule has 2 aromatic heterocycles. The summed E-state index contributed by atoms with van der Waals surface area (Å²) in [5.41, 5.74) is 5.17. The Morgan fingerprint density at radius 1 is 1.03 bits per heavy atom. The lowest BCUT2D eigenvalue weighted by molar-refractivity contribution is -0.118. The summed E-state index contributed by atoms with van der Waals surface area (Å²) in [6, 6.07) is 13.1. The molecule has 2 heterocycles. The number of benzene rings is 1. The van der Waals surface area contributed by atoms with Gasteiger partial charge in [0.1, 0.15) is 5.15 Å². The lowest BCUT2D eigenvalue weighted by atomic mass is 10.0. The molecule has 1 aromatic carbocycles. The molecule has 0 bridgehead atoms. The number of nitrogens with zero attached hydrogens (tertiary/aromatic N) is 3. The quantitative estimate of drug-likeness (QED) is 0.384. The van der Waals surface area contributed by atoms with Crippen LogP contribution in [0.1, 0.15) is 41.3 Å². The number of Topliss-reactive ketones (excluding diaryl/α,β-unsaturated/α-hetero) is 1. The topological polar surface area (TPSA) is 63.2 Å². The van der Waals surface area contributed by atoms with Gasteiger partial charge in [-0.25, -0.2) is 4.98 Å². The molecule has 154 valence electrons. The van der Waals surface area contributed by atoms with E-state index in [-0.39, 0.29) is 11.7 Å². The summed E-state index contributed by atoms with van der Waals surface area (Å²) in [5, 5.41) is 0.441. The van der Waals surface area contributed by atoms with Gasteiger partial charge in [-0.05, 0) is 54.8 Å². The summed E-state index contributed by atoms with van der Waals surface area (Å²) in [6.07, 6.45) is 4.76. The SMILES string of the molecule is CCC(=O)N(C)c1ccc(-c2ccc(C(=O)CCc3ccc(Cl)nc3)cn2)cc1C. The van der Waals surface area contributed by atoms with E-state index in [9.17, 15) is 9.59 Å². The van der Waals surface area contributed by atoms with Crippen LogP contribution in [0.5, 0.6) is 0 Å². The number of aryl methyl sites for hydroxylation is 2. The second kappa shape index (κ2) is 9.63. The largest absolute Gasteiger partial charge is 0.315 e. The summed E-state index contributed by atoms with van der Waals surface area (Å²) in [6.45, 7) is 3.82. The minimum Gasteiger partial charge on any atom is -0.315 e. The highest BCUT2D eigenvalue weighted by Crippen LogP contribution is 2.26. The zero-order chi connectivity index (χ0) is 21.7. The van der Waals surface area contributed by atoms with Crippen LogP contribution in [0.2, 0.25) is 5.15 Å². The summed E-state index contributed by atoms with van der Waals surface area (Å²) < 4.78 is 0. The number of amides is 1. The highest BCUT2D eigenvalue weighted by atomic mass is 35.5. The second-order valence-corrected chi connectivity index (χ2v) is 7.54. The van der Waals surface area contributed by atoms with Gasteiger partial charge in [0, 0.05) is 49.1 Å². The number of anilines is 1. The molecule has 3 rings (SSSR count). The van der Waals surface area contributed by atoms with Gasteiger partial charge in [0.2, 0.25) is 5.91 Å². The van der Waals surface area contributed by atoms with Gasteiger partial charge in [-0.2, -0.15) is 0 Å². The number of pyridine rings is 2. The third-order valence-corrected chi connectivity index (χ3v) is 5.27. The maximum atomic E-state index is 12.5. The Balaban J connectivity index is 1.69. The number of carbonyl (C=O) groups excluding carboxylic acids is 2. The van der Waals surface area contributed by atoms with Crippen LogP contribution in [-0.4, -0.2) is 28.7 Å². The first kappa shape index (κ1) is 21.7. The minimum absolute atomic E-state index is 0.0373. The van der Waals surface area contributed by atoms with Crippen molar-refractivity contribution in [1.82, 2.24) is 9.97 Å². The molecule has 30 heavy (non-hydrogen) atoms. The third kappa shape index (κ3) is 5.10. The lowest BCUT2D eigenvalue weighted by Crippen LogP contribution is -2.25. The molecule has 0 fully saturated rings. The molecule has 0 aliphatic rings. The van der Waals surface area contributed by atoms with E-state index in [1.165, 1.54) is 0 Å². The third-order valence-electron chi connectivity index (χ3n) is 5.05. The van der Waals surface area contributed by atoms with E-state index in [0.29, 0.717) is 30.0 Å². The standard InChI is InChI=1S/C24H24ClN3O2/c1-4-24(30)28(3)21-10-8-18(13-16(21)2)20-9-7-19(15-26-20)22(29)11-5-17-6-12-23(25)27-14-17/h6-10,12-15H,4-5,11H2,1-3H3. The van der Waals surface area contributed by atoms with E-state index in [1.807, 2.05) is 44.2 Å². The van der Waals surface area contributed by atoms with E-state index >= 15 is 0 Å². The van der Waals surface area contributed by atoms with E-state index in [2.05, 4.69) is 9.97 Å². The van der Waals surface area contributed by atoms with Crippen molar-refractivity contribution in [3.8, 4) is 11.3 Å². The van der Waals surface area contributed by atoms with Crippen molar-refractivity contribution in [3.63, 3.8) is 0 Å². The molecule has 0 aliphatic carbocycles. The van der Waals surface area contributed by atoms with Crippen molar-refractivity contribution in [2.24, 2.45) is 0 Å². The fraction of sp³-hybridized carbons (Fsp3) is 0.250. The summed E-state index contributed by atoms with van der Waals surface area (Å²) in [4.78, 5) is 34.6. The second-order valence-electron chi connectivity index (χ2n) is 7.15. The number of rotatable bonds is 7. The number of halogens is 1. The van der Waals surface area contributed by atoms with Gasteiger partial charge < -0.3 is 4.90 Å². The molecule has 0 aliphatic heterocycles. The number of aromatic nitrogens is 2. The van der Waals surface area contributed by atoms with Crippen molar-refractivity contribution in [3.05, 3.63) is 76.7 Å². The number of hydrogen-bond acceptors (Lipinski definition) is 4. The maximum Gasteiger partial charge on any atom is 0.226 e. The highest BCUT2D eigenvalue weighted by Gasteiger charge is 2.13. The molecule has 0 saturated carbocycles. The van der Waals surface area contributed by atoms with Crippen molar-refractivity contribution < 1.29 is 9.59 Å². The molecule has 0 unspecified atom stereocenters. The number of hydrogen-bond donors (Lipinski definition) is 0. The molecule has 0 N–H and O–H groups in total. The molecule has 1 amide bonds. The Morgan fingerprint density at radius 2 is 1.83 bits per heavy atom. The van der Waals surface area contributed by atoms with Crippen LogP contribution in [0.25, 0.3) is 11.3 Å². The molecular weight excluding hydrogens is 398 g/mol.